The second-order valence-corrected chi connectivity index (χ2v) is 6.41. The molecule has 3 unspecified atom stereocenters. The summed E-state index contributed by atoms with van der Waals surface area (Å²) in [7, 11) is 0. The largest absolute Gasteiger partial charge is 0.396 e. The number of hydrogen-bond donors (Lipinski definition) is 2. The van der Waals surface area contributed by atoms with Crippen LogP contribution >= 0.6 is 0 Å². The van der Waals surface area contributed by atoms with Crippen LogP contribution in [0.5, 0.6) is 0 Å². The number of aliphatic hydroxyl groups excluding tert-OH is 1. The summed E-state index contributed by atoms with van der Waals surface area (Å²) in [6.07, 6.45) is 2.76. The number of hydrogen-bond acceptors (Lipinski definition) is 3. The second kappa shape index (κ2) is 7.70. The van der Waals surface area contributed by atoms with Crippen LogP contribution in [-0.4, -0.2) is 29.1 Å². The molecule has 0 saturated heterocycles. The first-order chi connectivity index (χ1) is 12.1. The van der Waals surface area contributed by atoms with Gasteiger partial charge in [0, 0.05) is 36.9 Å². The first-order valence-corrected chi connectivity index (χ1v) is 8.32. The number of rotatable bonds is 7. The van der Waals surface area contributed by atoms with Crippen molar-refractivity contribution in [3.8, 4) is 0 Å². The van der Waals surface area contributed by atoms with Crippen LogP contribution in [0.4, 0.5) is 8.78 Å². The third-order valence-electron chi connectivity index (χ3n) is 4.56. The Kier molecular flexibility index (Phi) is 5.38. The highest BCUT2D eigenvalue weighted by Gasteiger charge is 2.45. The third kappa shape index (κ3) is 4.20. The predicted molar refractivity (Wildman–Crippen MR) is 88.7 cm³/mol. The van der Waals surface area contributed by atoms with E-state index in [1.54, 1.807) is 6.20 Å². The molecule has 6 heteroatoms. The normalized spacial score (nSPS) is 20.1. The molecule has 1 heterocycles. The molecular weight excluding hydrogens is 326 g/mol. The lowest BCUT2D eigenvalue weighted by atomic mass is 10.0. The third-order valence-corrected chi connectivity index (χ3v) is 4.56. The van der Waals surface area contributed by atoms with Crippen molar-refractivity contribution in [3.63, 3.8) is 0 Å². The molecular formula is C19H20F2N2O2. The minimum atomic E-state index is -0.890. The first kappa shape index (κ1) is 17.5. The highest BCUT2D eigenvalue weighted by atomic mass is 19.2. The number of nitrogens with one attached hydrogen (secondary N) is 1. The number of aliphatic hydroxyl groups is 1. The van der Waals surface area contributed by atoms with E-state index in [1.165, 1.54) is 12.1 Å². The fourth-order valence-corrected chi connectivity index (χ4v) is 3.03. The molecule has 1 saturated carbocycles. The summed E-state index contributed by atoms with van der Waals surface area (Å²) in [6.45, 7) is 0.254. The van der Waals surface area contributed by atoms with Crippen molar-refractivity contribution in [3.05, 3.63) is 65.5 Å². The summed E-state index contributed by atoms with van der Waals surface area (Å²) < 4.78 is 27.1. The maximum atomic E-state index is 13.8. The number of carbonyl (C=O) groups is 1. The van der Waals surface area contributed by atoms with Crippen molar-refractivity contribution >= 4 is 5.91 Å². The summed E-state index contributed by atoms with van der Waals surface area (Å²) >= 11 is 0. The summed E-state index contributed by atoms with van der Waals surface area (Å²) in [5.74, 6) is -2.70. The molecule has 1 aromatic carbocycles. The van der Waals surface area contributed by atoms with Crippen LogP contribution in [0.3, 0.4) is 0 Å². The van der Waals surface area contributed by atoms with Gasteiger partial charge in [-0.15, -0.1) is 0 Å². The zero-order valence-electron chi connectivity index (χ0n) is 13.7. The number of aromatic nitrogens is 1. The lowest BCUT2D eigenvalue weighted by Gasteiger charge is -2.14. The van der Waals surface area contributed by atoms with Gasteiger partial charge in [0.1, 0.15) is 0 Å². The number of pyridine rings is 1. The molecule has 132 valence electrons. The molecule has 3 rings (SSSR count). The molecule has 0 radical (unpaired) electrons. The van der Waals surface area contributed by atoms with Crippen LogP contribution in [0.15, 0.2) is 42.6 Å². The molecule has 25 heavy (non-hydrogen) atoms. The molecule has 2 aromatic rings. The Morgan fingerprint density at radius 1 is 1.28 bits per heavy atom. The molecule has 1 aliphatic carbocycles. The van der Waals surface area contributed by atoms with Gasteiger partial charge in [0.2, 0.25) is 5.91 Å². The van der Waals surface area contributed by atoms with E-state index in [-0.39, 0.29) is 35.8 Å². The summed E-state index contributed by atoms with van der Waals surface area (Å²) in [6, 6.07) is 9.60. The van der Waals surface area contributed by atoms with E-state index < -0.39 is 11.6 Å². The monoisotopic (exact) mass is 346 g/mol. The number of halogens is 2. The van der Waals surface area contributed by atoms with Crippen LogP contribution in [-0.2, 0) is 11.2 Å². The Labute approximate surface area is 144 Å². The van der Waals surface area contributed by atoms with Gasteiger partial charge in [0.15, 0.2) is 11.6 Å². The Hall–Kier alpha value is -2.34. The van der Waals surface area contributed by atoms with Gasteiger partial charge in [-0.25, -0.2) is 8.78 Å². The van der Waals surface area contributed by atoms with E-state index in [2.05, 4.69) is 10.3 Å². The van der Waals surface area contributed by atoms with E-state index in [0.717, 1.165) is 11.8 Å². The molecule has 1 amide bonds. The van der Waals surface area contributed by atoms with Crippen molar-refractivity contribution in [2.45, 2.75) is 18.8 Å². The number of amides is 1. The van der Waals surface area contributed by atoms with Gasteiger partial charge in [-0.3, -0.25) is 9.78 Å². The van der Waals surface area contributed by atoms with E-state index in [1.807, 2.05) is 18.2 Å². The Morgan fingerprint density at radius 3 is 2.84 bits per heavy atom. The molecule has 2 N–H and O–H groups in total. The topological polar surface area (TPSA) is 62.2 Å². The van der Waals surface area contributed by atoms with Crippen molar-refractivity contribution in [2.75, 3.05) is 13.2 Å². The number of nitrogens with zero attached hydrogens (tertiary/aromatic N) is 1. The molecule has 1 aliphatic rings. The van der Waals surface area contributed by atoms with Crippen LogP contribution in [0.2, 0.25) is 0 Å². The van der Waals surface area contributed by atoms with Gasteiger partial charge in [-0.05, 0) is 42.5 Å². The minimum Gasteiger partial charge on any atom is -0.396 e. The lowest BCUT2D eigenvalue weighted by molar-refractivity contribution is -0.122. The molecule has 0 bridgehead atoms. The maximum absolute atomic E-state index is 13.8. The fourth-order valence-electron chi connectivity index (χ4n) is 3.03. The van der Waals surface area contributed by atoms with Gasteiger partial charge in [-0.2, -0.15) is 0 Å². The van der Waals surface area contributed by atoms with Crippen LogP contribution in [0.25, 0.3) is 0 Å². The van der Waals surface area contributed by atoms with Crippen LogP contribution in [0.1, 0.15) is 23.6 Å². The predicted octanol–water partition coefficient (Wildman–Crippen LogP) is 2.43. The summed E-state index contributed by atoms with van der Waals surface area (Å²) in [5, 5.41) is 12.3. The molecule has 0 spiro atoms. The zero-order valence-corrected chi connectivity index (χ0v) is 13.7. The van der Waals surface area contributed by atoms with Gasteiger partial charge in [-0.1, -0.05) is 18.2 Å². The average Bonchev–Trinajstić information content (AvgIpc) is 3.42. The quantitative estimate of drug-likeness (QED) is 0.809. The molecule has 3 atom stereocenters. The fraction of sp³-hybridized carbons (Fsp3) is 0.368. The van der Waals surface area contributed by atoms with Gasteiger partial charge >= 0.3 is 0 Å². The smallest absolute Gasteiger partial charge is 0.223 e. The highest BCUT2D eigenvalue weighted by Crippen LogP contribution is 2.48. The van der Waals surface area contributed by atoms with E-state index >= 15 is 0 Å². The Morgan fingerprint density at radius 2 is 2.12 bits per heavy atom. The standard InChI is InChI=1S/C19H20F2N2O2/c20-17-6-3-5-14(18(17)21)15-9-16(15)19(25)23-10-12(11-24)8-13-4-1-2-7-22-13/h1-7,12,15-16,24H,8-11H2,(H,23,25). The maximum Gasteiger partial charge on any atom is 0.223 e. The van der Waals surface area contributed by atoms with Gasteiger partial charge in [0.25, 0.3) is 0 Å². The zero-order chi connectivity index (χ0) is 17.8. The molecule has 0 aliphatic heterocycles. The van der Waals surface area contributed by atoms with Gasteiger partial charge < -0.3 is 10.4 Å². The van der Waals surface area contributed by atoms with Crippen molar-refractivity contribution in [1.82, 2.24) is 10.3 Å². The summed E-state index contributed by atoms with van der Waals surface area (Å²) in [4.78, 5) is 16.4. The SMILES string of the molecule is O=C(NCC(CO)Cc1ccccn1)C1CC1c1cccc(F)c1F. The van der Waals surface area contributed by atoms with E-state index in [0.29, 0.717) is 19.4 Å². The lowest BCUT2D eigenvalue weighted by Crippen LogP contribution is -2.33. The minimum absolute atomic E-state index is 0.0660. The van der Waals surface area contributed by atoms with Crippen molar-refractivity contribution in [1.29, 1.82) is 0 Å². The van der Waals surface area contributed by atoms with Crippen LogP contribution < -0.4 is 5.32 Å². The van der Waals surface area contributed by atoms with Gasteiger partial charge in [0.05, 0.1) is 0 Å². The summed E-state index contributed by atoms with van der Waals surface area (Å²) in [5.41, 5.74) is 1.11. The number of carbonyl (C=O) groups excluding carboxylic acids is 1. The van der Waals surface area contributed by atoms with Crippen molar-refractivity contribution in [2.24, 2.45) is 11.8 Å². The van der Waals surface area contributed by atoms with E-state index in [4.69, 9.17) is 0 Å². The van der Waals surface area contributed by atoms with Crippen LogP contribution in [0, 0.1) is 23.5 Å². The number of benzene rings is 1. The van der Waals surface area contributed by atoms with E-state index in [9.17, 15) is 18.7 Å². The second-order valence-electron chi connectivity index (χ2n) is 6.41. The first-order valence-electron chi connectivity index (χ1n) is 8.32. The Balaban J connectivity index is 1.52. The van der Waals surface area contributed by atoms with Crippen molar-refractivity contribution < 1.29 is 18.7 Å². The molecule has 1 aromatic heterocycles. The highest BCUT2D eigenvalue weighted by molar-refractivity contribution is 5.82. The molecule has 4 nitrogen and oxygen atoms in total. The molecule has 1 fully saturated rings. The Bertz CT molecular complexity index is 739. The average molecular weight is 346 g/mol.